The molecular weight excluding hydrogens is 354 g/mol. The lowest BCUT2D eigenvalue weighted by atomic mass is 10.1. The second kappa shape index (κ2) is 7.29. The van der Waals surface area contributed by atoms with E-state index in [1.165, 1.54) is 35.4 Å². The predicted molar refractivity (Wildman–Crippen MR) is 96.9 cm³/mol. The minimum absolute atomic E-state index is 0.114. The van der Waals surface area contributed by atoms with Crippen LogP contribution in [-0.4, -0.2) is 33.2 Å². The fraction of sp³-hybridized carbons (Fsp3) is 0.263. The molecular formula is C19H19NO5S. The Morgan fingerprint density at radius 1 is 1.04 bits per heavy atom. The molecule has 0 unspecified atom stereocenters. The third-order valence-corrected chi connectivity index (χ3v) is 5.36. The number of esters is 1. The van der Waals surface area contributed by atoms with Crippen molar-refractivity contribution in [2.45, 2.75) is 24.2 Å². The van der Waals surface area contributed by atoms with Crippen LogP contribution in [-0.2, 0) is 32.2 Å². The van der Waals surface area contributed by atoms with Gasteiger partial charge < -0.3 is 10.1 Å². The Balaban J connectivity index is 1.55. The topological polar surface area (TPSA) is 89.5 Å². The van der Waals surface area contributed by atoms with E-state index in [4.69, 9.17) is 4.74 Å². The fourth-order valence-electron chi connectivity index (χ4n) is 2.90. The van der Waals surface area contributed by atoms with Gasteiger partial charge in [0.1, 0.15) is 0 Å². The Hall–Kier alpha value is -2.67. The number of ether oxygens (including phenoxy) is 1. The van der Waals surface area contributed by atoms with Crippen LogP contribution in [0.25, 0.3) is 0 Å². The molecule has 0 saturated carbocycles. The average molecular weight is 373 g/mol. The fourth-order valence-corrected chi connectivity index (χ4v) is 3.53. The molecule has 26 heavy (non-hydrogen) atoms. The summed E-state index contributed by atoms with van der Waals surface area (Å²) in [5, 5.41) is 2.71. The first-order valence-electron chi connectivity index (χ1n) is 8.22. The number of amides is 1. The molecule has 1 amide bonds. The first-order valence-corrected chi connectivity index (χ1v) is 10.1. The van der Waals surface area contributed by atoms with Gasteiger partial charge in [-0.15, -0.1) is 0 Å². The van der Waals surface area contributed by atoms with Crippen molar-refractivity contribution < 1.29 is 22.7 Å². The number of carbonyl (C=O) groups is 2. The van der Waals surface area contributed by atoms with Gasteiger partial charge in [0.15, 0.2) is 16.4 Å². The second-order valence-electron chi connectivity index (χ2n) is 6.26. The summed E-state index contributed by atoms with van der Waals surface area (Å²) < 4.78 is 27.8. The number of hydrogen-bond donors (Lipinski definition) is 1. The molecule has 0 atom stereocenters. The zero-order valence-corrected chi connectivity index (χ0v) is 15.1. The van der Waals surface area contributed by atoms with Gasteiger partial charge in [-0.05, 0) is 66.8 Å². The van der Waals surface area contributed by atoms with E-state index >= 15 is 0 Å². The highest BCUT2D eigenvalue weighted by Crippen LogP contribution is 2.24. The quantitative estimate of drug-likeness (QED) is 0.813. The van der Waals surface area contributed by atoms with Crippen molar-refractivity contribution in [1.82, 2.24) is 0 Å². The molecule has 0 aromatic heterocycles. The summed E-state index contributed by atoms with van der Waals surface area (Å²) in [6.45, 7) is -0.413. The van der Waals surface area contributed by atoms with E-state index in [1.807, 2.05) is 18.2 Å². The number of rotatable bonds is 5. The number of carbonyl (C=O) groups excluding carboxylic acids is 2. The molecule has 0 radical (unpaired) electrons. The van der Waals surface area contributed by atoms with Crippen LogP contribution in [0.3, 0.4) is 0 Å². The third kappa shape index (κ3) is 4.29. The lowest BCUT2D eigenvalue weighted by Gasteiger charge is -2.08. The molecule has 2 aromatic rings. The zero-order chi connectivity index (χ0) is 18.7. The Morgan fingerprint density at radius 2 is 1.73 bits per heavy atom. The smallest absolute Gasteiger partial charge is 0.338 e. The van der Waals surface area contributed by atoms with Crippen LogP contribution in [0, 0.1) is 0 Å². The minimum Gasteiger partial charge on any atom is -0.452 e. The number of anilines is 1. The molecule has 1 aliphatic rings. The van der Waals surface area contributed by atoms with Gasteiger partial charge in [0.05, 0.1) is 10.5 Å². The van der Waals surface area contributed by atoms with E-state index in [9.17, 15) is 18.0 Å². The number of nitrogens with one attached hydrogen (secondary N) is 1. The molecule has 6 nitrogen and oxygen atoms in total. The number of sulfone groups is 1. The molecule has 0 aliphatic heterocycles. The average Bonchev–Trinajstić information content (AvgIpc) is 3.07. The Kier molecular flexibility index (Phi) is 5.08. The molecule has 0 spiro atoms. The molecule has 1 N–H and O–H groups in total. The van der Waals surface area contributed by atoms with Crippen molar-refractivity contribution in [1.29, 1.82) is 0 Å². The summed E-state index contributed by atoms with van der Waals surface area (Å²) in [4.78, 5) is 24.0. The van der Waals surface area contributed by atoms with Crippen molar-refractivity contribution in [2.24, 2.45) is 0 Å². The molecule has 0 heterocycles. The third-order valence-electron chi connectivity index (χ3n) is 4.23. The van der Waals surface area contributed by atoms with Gasteiger partial charge in [0, 0.05) is 11.9 Å². The highest BCUT2D eigenvalue weighted by molar-refractivity contribution is 7.90. The van der Waals surface area contributed by atoms with Crippen LogP contribution in [0.5, 0.6) is 0 Å². The maximum absolute atomic E-state index is 12.0. The first kappa shape index (κ1) is 18.1. The van der Waals surface area contributed by atoms with E-state index in [-0.39, 0.29) is 10.5 Å². The Morgan fingerprint density at radius 3 is 2.42 bits per heavy atom. The molecule has 1 aliphatic carbocycles. The van der Waals surface area contributed by atoms with Crippen LogP contribution < -0.4 is 5.32 Å². The van der Waals surface area contributed by atoms with Crippen molar-refractivity contribution in [2.75, 3.05) is 18.2 Å². The Labute approximate surface area is 152 Å². The second-order valence-corrected chi connectivity index (χ2v) is 8.27. The van der Waals surface area contributed by atoms with Crippen LogP contribution in [0.4, 0.5) is 5.69 Å². The first-order chi connectivity index (χ1) is 12.3. The largest absolute Gasteiger partial charge is 0.452 e. The SMILES string of the molecule is CS(=O)(=O)c1ccc(C(=O)OCC(=O)Nc2ccc3c(c2)CCC3)cc1. The molecule has 0 bridgehead atoms. The van der Waals surface area contributed by atoms with Gasteiger partial charge in [0.2, 0.25) is 0 Å². The van der Waals surface area contributed by atoms with Crippen molar-refractivity contribution in [3.05, 3.63) is 59.2 Å². The summed E-state index contributed by atoms with van der Waals surface area (Å²) in [6, 6.07) is 11.2. The normalized spacial score (nSPS) is 13.1. The van der Waals surface area contributed by atoms with Crippen molar-refractivity contribution >= 4 is 27.4 Å². The van der Waals surface area contributed by atoms with Gasteiger partial charge in [-0.1, -0.05) is 6.07 Å². The van der Waals surface area contributed by atoms with Crippen molar-refractivity contribution in [3.8, 4) is 0 Å². The molecule has 3 rings (SSSR count). The van der Waals surface area contributed by atoms with Crippen LogP contribution in [0.2, 0.25) is 0 Å². The molecule has 7 heteroatoms. The summed E-state index contributed by atoms with van der Waals surface area (Å²) >= 11 is 0. The standard InChI is InChI=1S/C19H19NO5S/c1-26(23,24)17-9-6-14(7-10-17)19(22)25-12-18(21)20-16-8-5-13-3-2-4-15(13)11-16/h5-11H,2-4,12H2,1H3,(H,20,21). The van der Waals surface area contributed by atoms with Crippen LogP contribution >= 0.6 is 0 Å². The molecule has 2 aromatic carbocycles. The summed E-state index contributed by atoms with van der Waals surface area (Å²) in [6.07, 6.45) is 4.29. The maximum Gasteiger partial charge on any atom is 0.338 e. The van der Waals surface area contributed by atoms with E-state index in [2.05, 4.69) is 5.32 Å². The van der Waals surface area contributed by atoms with Crippen LogP contribution in [0.15, 0.2) is 47.4 Å². The minimum atomic E-state index is -3.33. The van der Waals surface area contributed by atoms with E-state index in [1.54, 1.807) is 0 Å². The number of aryl methyl sites for hydroxylation is 2. The number of fused-ring (bicyclic) bond motifs is 1. The highest BCUT2D eigenvalue weighted by Gasteiger charge is 2.14. The number of hydrogen-bond acceptors (Lipinski definition) is 5. The van der Waals surface area contributed by atoms with E-state index in [0.29, 0.717) is 5.69 Å². The highest BCUT2D eigenvalue weighted by atomic mass is 32.2. The molecule has 0 saturated heterocycles. The predicted octanol–water partition coefficient (Wildman–Crippen LogP) is 2.37. The van der Waals surface area contributed by atoms with Gasteiger partial charge in [-0.3, -0.25) is 4.79 Å². The van der Waals surface area contributed by atoms with Gasteiger partial charge in [-0.25, -0.2) is 13.2 Å². The van der Waals surface area contributed by atoms with Crippen LogP contribution in [0.1, 0.15) is 27.9 Å². The summed E-state index contributed by atoms with van der Waals surface area (Å²) in [7, 11) is -3.33. The zero-order valence-electron chi connectivity index (χ0n) is 14.3. The maximum atomic E-state index is 12.0. The Bertz CT molecular complexity index is 948. The monoisotopic (exact) mass is 373 g/mol. The molecule has 136 valence electrons. The number of benzene rings is 2. The van der Waals surface area contributed by atoms with E-state index in [0.717, 1.165) is 25.5 Å². The summed E-state index contributed by atoms with van der Waals surface area (Å²) in [5.41, 5.74) is 3.42. The van der Waals surface area contributed by atoms with E-state index < -0.39 is 28.3 Å². The van der Waals surface area contributed by atoms with Gasteiger partial charge in [-0.2, -0.15) is 0 Å². The lowest BCUT2D eigenvalue weighted by Crippen LogP contribution is -2.21. The van der Waals surface area contributed by atoms with Crippen molar-refractivity contribution in [3.63, 3.8) is 0 Å². The van der Waals surface area contributed by atoms with Gasteiger partial charge >= 0.3 is 5.97 Å². The van der Waals surface area contributed by atoms with Gasteiger partial charge in [0.25, 0.3) is 5.91 Å². The summed E-state index contributed by atoms with van der Waals surface area (Å²) in [5.74, 6) is -1.11. The lowest BCUT2D eigenvalue weighted by molar-refractivity contribution is -0.119. The molecule has 0 fully saturated rings.